The molecule has 0 radical (unpaired) electrons. The lowest BCUT2D eigenvalue weighted by Crippen LogP contribution is -2.41. The first kappa shape index (κ1) is 20.0. The van der Waals surface area contributed by atoms with Gasteiger partial charge in [-0.2, -0.15) is 0 Å². The minimum absolute atomic E-state index is 0. The molecule has 90 valence electrons. The van der Waals surface area contributed by atoms with Gasteiger partial charge in [0.15, 0.2) is 0 Å². The predicted molar refractivity (Wildman–Crippen MR) is 69.5 cm³/mol. The van der Waals surface area contributed by atoms with Crippen LogP contribution in [0.2, 0.25) is 0 Å². The van der Waals surface area contributed by atoms with Crippen LogP contribution in [0.1, 0.15) is 52.4 Å². The van der Waals surface area contributed by atoms with Gasteiger partial charge in [-0.3, -0.25) is 0 Å². The van der Waals surface area contributed by atoms with Crippen molar-refractivity contribution in [1.82, 2.24) is 0 Å². The third-order valence-corrected chi connectivity index (χ3v) is 2.33. The minimum atomic E-state index is 0. The molecule has 0 aliphatic carbocycles. The fraction of sp³-hybridized carbons (Fsp3) is 1.00. The van der Waals surface area contributed by atoms with Crippen molar-refractivity contribution < 1.29 is 0 Å². The standard InChI is InChI=1S/C10H24N2.2ClH/c1-3-5-7-9(11)10(12)8-6-4-2;;/h9-10H,3-8,11-12H2,1-2H3;2*1H/t9-,10-;;/m1../s1. The van der Waals surface area contributed by atoms with E-state index in [1.807, 2.05) is 0 Å². The van der Waals surface area contributed by atoms with Gasteiger partial charge in [-0.05, 0) is 12.8 Å². The van der Waals surface area contributed by atoms with Gasteiger partial charge in [0.2, 0.25) is 0 Å². The molecule has 0 aromatic heterocycles. The van der Waals surface area contributed by atoms with Gasteiger partial charge in [0.1, 0.15) is 0 Å². The second-order valence-corrected chi connectivity index (χ2v) is 3.61. The molecule has 0 rings (SSSR count). The van der Waals surface area contributed by atoms with Crippen LogP contribution in [0.4, 0.5) is 0 Å². The summed E-state index contributed by atoms with van der Waals surface area (Å²) in [5, 5.41) is 0. The monoisotopic (exact) mass is 244 g/mol. The Bertz CT molecular complexity index is 90.1. The van der Waals surface area contributed by atoms with Gasteiger partial charge in [-0.15, -0.1) is 24.8 Å². The molecule has 0 bridgehead atoms. The van der Waals surface area contributed by atoms with Gasteiger partial charge in [-0.1, -0.05) is 39.5 Å². The Kier molecular flexibility index (Phi) is 19.3. The van der Waals surface area contributed by atoms with E-state index < -0.39 is 0 Å². The summed E-state index contributed by atoms with van der Waals surface area (Å²) < 4.78 is 0. The van der Waals surface area contributed by atoms with E-state index in [-0.39, 0.29) is 36.9 Å². The van der Waals surface area contributed by atoms with E-state index in [4.69, 9.17) is 11.5 Å². The van der Waals surface area contributed by atoms with Gasteiger partial charge in [0.05, 0.1) is 0 Å². The Morgan fingerprint density at radius 1 is 0.786 bits per heavy atom. The average molecular weight is 245 g/mol. The van der Waals surface area contributed by atoms with Crippen LogP contribution in [0.25, 0.3) is 0 Å². The van der Waals surface area contributed by atoms with Crippen molar-refractivity contribution in [3.63, 3.8) is 0 Å². The zero-order chi connectivity index (χ0) is 9.40. The number of rotatable bonds is 7. The van der Waals surface area contributed by atoms with E-state index >= 15 is 0 Å². The summed E-state index contributed by atoms with van der Waals surface area (Å²) in [5.41, 5.74) is 11.8. The molecule has 0 unspecified atom stereocenters. The second kappa shape index (κ2) is 13.5. The van der Waals surface area contributed by atoms with E-state index in [9.17, 15) is 0 Å². The molecule has 0 aliphatic heterocycles. The van der Waals surface area contributed by atoms with E-state index in [2.05, 4.69) is 13.8 Å². The molecular formula is C10H26Cl2N2. The van der Waals surface area contributed by atoms with Crippen molar-refractivity contribution in [3.8, 4) is 0 Å². The molecule has 0 heterocycles. The van der Waals surface area contributed by atoms with E-state index in [0.717, 1.165) is 12.8 Å². The molecule has 2 atom stereocenters. The number of nitrogens with two attached hydrogens (primary N) is 2. The second-order valence-electron chi connectivity index (χ2n) is 3.61. The van der Waals surface area contributed by atoms with Crippen LogP contribution in [-0.4, -0.2) is 12.1 Å². The summed E-state index contributed by atoms with van der Waals surface area (Å²) in [6.45, 7) is 4.37. The first-order valence-electron chi connectivity index (χ1n) is 5.23. The zero-order valence-electron chi connectivity index (χ0n) is 9.37. The molecular weight excluding hydrogens is 219 g/mol. The zero-order valence-corrected chi connectivity index (χ0v) is 11.0. The summed E-state index contributed by atoms with van der Waals surface area (Å²) >= 11 is 0. The Morgan fingerprint density at radius 2 is 1.07 bits per heavy atom. The van der Waals surface area contributed by atoms with E-state index in [1.165, 1.54) is 25.7 Å². The first-order chi connectivity index (χ1) is 5.72. The molecule has 2 nitrogen and oxygen atoms in total. The van der Waals surface area contributed by atoms with Crippen molar-refractivity contribution in [1.29, 1.82) is 0 Å². The quantitative estimate of drug-likeness (QED) is 0.724. The number of halogens is 2. The summed E-state index contributed by atoms with van der Waals surface area (Å²) in [7, 11) is 0. The van der Waals surface area contributed by atoms with Gasteiger partial charge >= 0.3 is 0 Å². The number of unbranched alkanes of at least 4 members (excludes halogenated alkanes) is 2. The van der Waals surface area contributed by atoms with Gasteiger partial charge in [0, 0.05) is 12.1 Å². The lowest BCUT2D eigenvalue weighted by molar-refractivity contribution is 0.445. The highest BCUT2D eigenvalue weighted by atomic mass is 35.5. The van der Waals surface area contributed by atoms with Crippen LogP contribution in [-0.2, 0) is 0 Å². The molecule has 0 spiro atoms. The molecule has 14 heavy (non-hydrogen) atoms. The Morgan fingerprint density at radius 3 is 1.29 bits per heavy atom. The molecule has 0 fully saturated rings. The third-order valence-electron chi connectivity index (χ3n) is 2.33. The molecule has 0 amide bonds. The van der Waals surface area contributed by atoms with E-state index in [0.29, 0.717) is 0 Å². The smallest absolute Gasteiger partial charge is 0.0192 e. The maximum absolute atomic E-state index is 5.92. The third kappa shape index (κ3) is 10.6. The molecule has 0 saturated carbocycles. The van der Waals surface area contributed by atoms with Crippen molar-refractivity contribution in [3.05, 3.63) is 0 Å². The Hall–Kier alpha value is 0.500. The van der Waals surface area contributed by atoms with Crippen LogP contribution >= 0.6 is 24.8 Å². The van der Waals surface area contributed by atoms with Crippen LogP contribution in [0, 0.1) is 0 Å². The van der Waals surface area contributed by atoms with Crippen molar-refractivity contribution in [2.24, 2.45) is 11.5 Å². The largest absolute Gasteiger partial charge is 0.326 e. The molecule has 0 aromatic carbocycles. The average Bonchev–Trinajstić information content (AvgIpc) is 2.10. The van der Waals surface area contributed by atoms with Crippen LogP contribution < -0.4 is 11.5 Å². The SMILES string of the molecule is CCCC[C@@H](N)[C@H](N)CCCC.Cl.Cl. The maximum atomic E-state index is 5.92. The Labute approximate surface area is 101 Å². The highest BCUT2D eigenvalue weighted by Gasteiger charge is 2.11. The Balaban J connectivity index is -0.000000605. The summed E-state index contributed by atoms with van der Waals surface area (Å²) in [4.78, 5) is 0. The molecule has 0 aromatic rings. The van der Waals surface area contributed by atoms with Crippen LogP contribution in [0.5, 0.6) is 0 Å². The van der Waals surface area contributed by atoms with Gasteiger partial charge < -0.3 is 11.5 Å². The summed E-state index contributed by atoms with van der Waals surface area (Å²) in [5.74, 6) is 0. The highest BCUT2D eigenvalue weighted by Crippen LogP contribution is 2.06. The predicted octanol–water partition coefficient (Wildman–Crippen LogP) is 2.87. The maximum Gasteiger partial charge on any atom is 0.0192 e. The number of hydrogen-bond donors (Lipinski definition) is 2. The normalized spacial score (nSPS) is 13.7. The van der Waals surface area contributed by atoms with Crippen LogP contribution in [0.15, 0.2) is 0 Å². The summed E-state index contributed by atoms with van der Waals surface area (Å²) in [6.07, 6.45) is 7.02. The minimum Gasteiger partial charge on any atom is -0.326 e. The summed E-state index contributed by atoms with van der Waals surface area (Å²) in [6, 6.07) is 0.438. The molecule has 4 heteroatoms. The van der Waals surface area contributed by atoms with Gasteiger partial charge in [0.25, 0.3) is 0 Å². The van der Waals surface area contributed by atoms with Crippen molar-refractivity contribution in [2.75, 3.05) is 0 Å². The lowest BCUT2D eigenvalue weighted by atomic mass is 9.99. The lowest BCUT2D eigenvalue weighted by Gasteiger charge is -2.19. The van der Waals surface area contributed by atoms with Crippen molar-refractivity contribution in [2.45, 2.75) is 64.5 Å². The molecule has 0 saturated heterocycles. The van der Waals surface area contributed by atoms with E-state index in [1.54, 1.807) is 0 Å². The molecule has 4 N–H and O–H groups in total. The highest BCUT2D eigenvalue weighted by molar-refractivity contribution is 5.85. The van der Waals surface area contributed by atoms with Crippen LogP contribution in [0.3, 0.4) is 0 Å². The fourth-order valence-electron chi connectivity index (χ4n) is 1.31. The number of hydrogen-bond acceptors (Lipinski definition) is 2. The topological polar surface area (TPSA) is 52.0 Å². The fourth-order valence-corrected chi connectivity index (χ4v) is 1.31. The van der Waals surface area contributed by atoms with Gasteiger partial charge in [-0.25, -0.2) is 0 Å². The van der Waals surface area contributed by atoms with Crippen molar-refractivity contribution >= 4 is 24.8 Å². The first-order valence-corrected chi connectivity index (χ1v) is 5.23. The molecule has 0 aliphatic rings.